The van der Waals surface area contributed by atoms with Crippen LogP contribution in [0.5, 0.6) is 0 Å². The molecule has 3 heterocycles. The molecule has 0 fully saturated rings. The van der Waals surface area contributed by atoms with Crippen LogP contribution in [0.1, 0.15) is 11.1 Å². The number of aromatic nitrogens is 1. The summed E-state index contributed by atoms with van der Waals surface area (Å²) in [5.74, 6) is 0.953. The van der Waals surface area contributed by atoms with Crippen LogP contribution in [0.4, 0.5) is 5.82 Å². The minimum absolute atomic E-state index is 0. The predicted molar refractivity (Wildman–Crippen MR) is 97.9 cm³/mol. The first kappa shape index (κ1) is 15.6. The van der Waals surface area contributed by atoms with Gasteiger partial charge in [-0.25, -0.2) is 4.99 Å². The molecule has 0 atom stereocenters. The molecule has 4 nitrogen and oxygen atoms in total. The summed E-state index contributed by atoms with van der Waals surface area (Å²) in [7, 11) is 0. The zero-order valence-corrected chi connectivity index (χ0v) is 14.7. The molecule has 4 rings (SSSR count). The van der Waals surface area contributed by atoms with Gasteiger partial charge in [0.1, 0.15) is 5.82 Å². The number of benzene rings is 1. The van der Waals surface area contributed by atoms with E-state index in [9.17, 15) is 0 Å². The third-order valence-corrected chi connectivity index (χ3v) is 4.12. The number of nitrogens with zero attached hydrogens (tertiary/aromatic N) is 4. The van der Waals surface area contributed by atoms with E-state index < -0.39 is 0 Å². The van der Waals surface area contributed by atoms with Crippen molar-refractivity contribution in [3.63, 3.8) is 0 Å². The molecule has 0 spiro atoms. The largest absolute Gasteiger partial charge is 0.301 e. The van der Waals surface area contributed by atoms with E-state index in [0.29, 0.717) is 0 Å². The first-order chi connectivity index (χ1) is 10.7. The van der Waals surface area contributed by atoms with Crippen LogP contribution in [0.25, 0.3) is 5.52 Å². The highest BCUT2D eigenvalue weighted by molar-refractivity contribution is 8.93. The molecule has 0 saturated heterocycles. The second kappa shape index (κ2) is 6.08. The number of hydrogen-bond donors (Lipinski definition) is 0. The van der Waals surface area contributed by atoms with Crippen LogP contribution in [0.15, 0.2) is 63.6 Å². The lowest BCUT2D eigenvalue weighted by atomic mass is 10.2. The van der Waals surface area contributed by atoms with Gasteiger partial charge in [-0.1, -0.05) is 18.2 Å². The zero-order chi connectivity index (χ0) is 15.1. The van der Waals surface area contributed by atoms with Crippen LogP contribution in [0, 0.1) is 13.8 Å². The molecule has 0 unspecified atom stereocenters. The van der Waals surface area contributed by atoms with Crippen molar-refractivity contribution < 1.29 is 0 Å². The minimum Gasteiger partial charge on any atom is -0.301 e. The Morgan fingerprint density at radius 1 is 0.957 bits per heavy atom. The standard InChI is InChI=1S/C18H16N4.BrH/c1-12-13(2)18(22-10-6-5-9-16(12)22)19-11-17-20-14-7-3-4-8-15(14)21-17;/h3-11,17H,1-2H3;1H. The molecule has 0 amide bonds. The van der Waals surface area contributed by atoms with Crippen molar-refractivity contribution in [2.45, 2.75) is 20.0 Å². The average Bonchev–Trinajstić information content (AvgIpc) is 3.06. The molecule has 0 radical (unpaired) electrons. The van der Waals surface area contributed by atoms with Crippen molar-refractivity contribution in [1.82, 2.24) is 4.40 Å². The van der Waals surface area contributed by atoms with Crippen molar-refractivity contribution in [3.8, 4) is 0 Å². The first-order valence-corrected chi connectivity index (χ1v) is 7.35. The molecule has 0 N–H and O–H groups in total. The Labute approximate surface area is 144 Å². The molecule has 0 aliphatic carbocycles. The maximum absolute atomic E-state index is 4.67. The fourth-order valence-electron chi connectivity index (χ4n) is 2.83. The van der Waals surface area contributed by atoms with E-state index in [4.69, 9.17) is 0 Å². The predicted octanol–water partition coefficient (Wildman–Crippen LogP) is 3.12. The van der Waals surface area contributed by atoms with E-state index in [-0.39, 0.29) is 23.1 Å². The van der Waals surface area contributed by atoms with Crippen LogP contribution >= 0.6 is 17.0 Å². The van der Waals surface area contributed by atoms with Crippen molar-refractivity contribution in [2.24, 2.45) is 15.0 Å². The lowest BCUT2D eigenvalue weighted by molar-refractivity contribution is 0.930. The van der Waals surface area contributed by atoms with E-state index in [1.807, 2.05) is 48.8 Å². The molecule has 1 aliphatic heterocycles. The highest BCUT2D eigenvalue weighted by atomic mass is 79.9. The summed E-state index contributed by atoms with van der Waals surface area (Å²) in [4.78, 5) is 13.8. The summed E-state index contributed by atoms with van der Waals surface area (Å²) in [6.45, 7) is 4.23. The van der Waals surface area contributed by atoms with E-state index >= 15 is 0 Å². The quantitative estimate of drug-likeness (QED) is 0.623. The van der Waals surface area contributed by atoms with Gasteiger partial charge in [0, 0.05) is 6.20 Å². The normalized spacial score (nSPS) is 13.7. The van der Waals surface area contributed by atoms with Crippen LogP contribution in [-0.2, 0) is 0 Å². The van der Waals surface area contributed by atoms with Crippen molar-refractivity contribution >= 4 is 34.5 Å². The number of hydrogen-bond acceptors (Lipinski definition) is 3. The average molecular weight is 369 g/mol. The molecular formula is C18H17BrN4. The second-order valence-electron chi connectivity index (χ2n) is 5.47. The smallest absolute Gasteiger partial charge is 0.176 e. The van der Waals surface area contributed by atoms with Gasteiger partial charge in [0.15, 0.2) is 6.17 Å². The summed E-state index contributed by atoms with van der Waals surface area (Å²) < 4.78 is 2.11. The minimum atomic E-state index is -0.230. The van der Waals surface area contributed by atoms with E-state index in [0.717, 1.165) is 16.5 Å². The fourth-order valence-corrected chi connectivity index (χ4v) is 2.83. The van der Waals surface area contributed by atoms with Crippen LogP contribution in [-0.4, -0.2) is 16.8 Å². The Balaban J connectivity index is 0.00000156. The Hall–Kier alpha value is -2.27. The van der Waals surface area contributed by atoms with E-state index in [1.165, 1.54) is 16.6 Å². The van der Waals surface area contributed by atoms with E-state index in [1.54, 1.807) is 0 Å². The number of aryl methyl sites for hydroxylation is 1. The highest BCUT2D eigenvalue weighted by Crippen LogP contribution is 2.28. The number of aliphatic imine (C=N–C) groups is 1. The molecule has 1 aromatic carbocycles. The second-order valence-corrected chi connectivity index (χ2v) is 5.47. The Morgan fingerprint density at radius 2 is 1.61 bits per heavy atom. The summed E-state index contributed by atoms with van der Waals surface area (Å²) in [5.41, 5.74) is 3.64. The Morgan fingerprint density at radius 3 is 2.30 bits per heavy atom. The van der Waals surface area contributed by atoms with Crippen molar-refractivity contribution in [2.75, 3.05) is 0 Å². The van der Waals surface area contributed by atoms with Gasteiger partial charge in [-0.15, -0.1) is 17.0 Å². The van der Waals surface area contributed by atoms with Gasteiger partial charge < -0.3 is 4.40 Å². The van der Waals surface area contributed by atoms with Gasteiger partial charge >= 0.3 is 0 Å². The van der Waals surface area contributed by atoms with Gasteiger partial charge in [0.2, 0.25) is 0 Å². The molecule has 0 bridgehead atoms. The van der Waals surface area contributed by atoms with E-state index in [2.05, 4.69) is 39.3 Å². The van der Waals surface area contributed by atoms with Gasteiger partial charge in [-0.2, -0.15) is 0 Å². The van der Waals surface area contributed by atoms with Crippen LogP contribution < -0.4 is 10.7 Å². The molecule has 23 heavy (non-hydrogen) atoms. The molecule has 116 valence electrons. The number of para-hydroxylation sites is 2. The van der Waals surface area contributed by atoms with Gasteiger partial charge in [-0.3, -0.25) is 9.98 Å². The Bertz CT molecular complexity index is 982. The number of rotatable bonds is 2. The maximum atomic E-state index is 4.67. The van der Waals surface area contributed by atoms with Gasteiger partial charge in [0.25, 0.3) is 0 Å². The summed E-state index contributed by atoms with van der Waals surface area (Å²) in [5, 5.41) is 1.87. The van der Waals surface area contributed by atoms with Gasteiger partial charge in [-0.05, 0) is 49.2 Å². The van der Waals surface area contributed by atoms with Crippen LogP contribution in [0.2, 0.25) is 0 Å². The van der Waals surface area contributed by atoms with Crippen molar-refractivity contribution in [3.05, 3.63) is 70.5 Å². The lowest BCUT2D eigenvalue weighted by Gasteiger charge is -1.99. The van der Waals surface area contributed by atoms with Gasteiger partial charge in [0.05, 0.1) is 22.4 Å². The maximum Gasteiger partial charge on any atom is 0.176 e. The number of halogens is 1. The molecule has 1 aliphatic rings. The lowest BCUT2D eigenvalue weighted by Crippen LogP contribution is -2.19. The first-order valence-electron chi connectivity index (χ1n) is 7.35. The molecule has 3 aromatic rings. The number of pyridine rings is 1. The zero-order valence-electron chi connectivity index (χ0n) is 13.0. The monoisotopic (exact) mass is 368 g/mol. The summed E-state index contributed by atoms with van der Waals surface area (Å²) in [6, 6.07) is 14.1. The van der Waals surface area contributed by atoms with Crippen LogP contribution in [0.3, 0.4) is 0 Å². The summed E-state index contributed by atoms with van der Waals surface area (Å²) in [6.07, 6.45) is 3.63. The number of fused-ring (bicyclic) bond motifs is 2. The third-order valence-electron chi connectivity index (χ3n) is 4.12. The molecule has 2 aromatic heterocycles. The molecule has 0 saturated carbocycles. The topological polar surface area (TPSA) is 41.5 Å². The fraction of sp³-hybridized carbons (Fsp3) is 0.167. The Kier molecular flexibility index (Phi) is 4.13. The molecule has 5 heteroatoms. The SMILES string of the molecule is Br.Cc1c(C)c2ccccn2c1N=CC1N=c2ccccc2=N1. The highest BCUT2D eigenvalue weighted by Gasteiger charge is 2.11. The van der Waals surface area contributed by atoms with Crippen molar-refractivity contribution in [1.29, 1.82) is 0 Å². The third kappa shape index (κ3) is 2.61. The summed E-state index contributed by atoms with van der Waals surface area (Å²) >= 11 is 0. The molecular weight excluding hydrogens is 352 g/mol.